The number of nitrogens with one attached hydrogen (secondary N) is 1. The van der Waals surface area contributed by atoms with Crippen molar-refractivity contribution in [2.45, 2.75) is 26.7 Å². The zero-order valence-corrected chi connectivity index (χ0v) is 14.7. The van der Waals surface area contributed by atoms with Crippen molar-refractivity contribution < 1.29 is 23.7 Å². The quantitative estimate of drug-likeness (QED) is 0.378. The average Bonchev–Trinajstić information content (AvgIpc) is 2.56. The van der Waals surface area contributed by atoms with Gasteiger partial charge in [0, 0.05) is 19.5 Å². The van der Waals surface area contributed by atoms with Gasteiger partial charge in [-0.15, -0.1) is 0 Å². The first-order valence-electron chi connectivity index (χ1n) is 8.48. The molecule has 0 radical (unpaired) electrons. The lowest BCUT2D eigenvalue weighted by molar-refractivity contribution is -0.122. The Labute approximate surface area is 140 Å². The molecule has 0 bridgehead atoms. The van der Waals surface area contributed by atoms with Crippen molar-refractivity contribution in [2.75, 3.05) is 65.9 Å². The van der Waals surface area contributed by atoms with Crippen molar-refractivity contribution >= 4 is 5.91 Å². The minimum Gasteiger partial charge on any atom is -0.379 e. The van der Waals surface area contributed by atoms with Crippen LogP contribution in [0.4, 0.5) is 0 Å². The van der Waals surface area contributed by atoms with E-state index in [1.807, 2.05) is 0 Å². The molecule has 0 aromatic rings. The summed E-state index contributed by atoms with van der Waals surface area (Å²) in [6.45, 7) is 9.62. The number of nitrogens with two attached hydrogens (primary N) is 1. The van der Waals surface area contributed by atoms with Crippen LogP contribution in [0.3, 0.4) is 0 Å². The van der Waals surface area contributed by atoms with Gasteiger partial charge in [-0.05, 0) is 5.92 Å². The Morgan fingerprint density at radius 1 is 0.913 bits per heavy atom. The van der Waals surface area contributed by atoms with Crippen molar-refractivity contribution in [3.8, 4) is 0 Å². The molecule has 0 aromatic carbocycles. The van der Waals surface area contributed by atoms with Crippen LogP contribution in [-0.2, 0) is 23.7 Å². The maximum absolute atomic E-state index is 11.5. The first-order chi connectivity index (χ1) is 11.2. The molecule has 1 unspecified atom stereocenters. The molecule has 7 nitrogen and oxygen atoms in total. The Hall–Kier alpha value is -0.730. The van der Waals surface area contributed by atoms with Crippen LogP contribution in [0.5, 0.6) is 0 Å². The van der Waals surface area contributed by atoms with Crippen molar-refractivity contribution in [1.29, 1.82) is 0 Å². The number of hydrogen-bond donors (Lipinski definition) is 2. The van der Waals surface area contributed by atoms with Crippen LogP contribution in [0.2, 0.25) is 0 Å². The molecular weight excluding hydrogens is 300 g/mol. The number of amides is 1. The summed E-state index contributed by atoms with van der Waals surface area (Å²) in [4.78, 5) is 11.5. The molecule has 0 heterocycles. The lowest BCUT2D eigenvalue weighted by Gasteiger charge is -2.10. The second-order valence-electron chi connectivity index (χ2n) is 5.31. The van der Waals surface area contributed by atoms with E-state index in [2.05, 4.69) is 19.2 Å². The topological polar surface area (TPSA) is 92.0 Å². The molecule has 0 rings (SSSR count). The van der Waals surface area contributed by atoms with Gasteiger partial charge in [-0.2, -0.15) is 0 Å². The first kappa shape index (κ1) is 22.3. The van der Waals surface area contributed by atoms with Gasteiger partial charge >= 0.3 is 0 Å². The average molecular weight is 334 g/mol. The number of rotatable bonds is 17. The summed E-state index contributed by atoms with van der Waals surface area (Å²) in [6, 6.07) is 0. The third-order valence-corrected chi connectivity index (χ3v) is 3.20. The van der Waals surface area contributed by atoms with E-state index in [4.69, 9.17) is 24.7 Å². The molecule has 0 aliphatic rings. The largest absolute Gasteiger partial charge is 0.379 e. The van der Waals surface area contributed by atoms with E-state index in [1.54, 1.807) is 0 Å². The normalized spacial score (nSPS) is 12.3. The van der Waals surface area contributed by atoms with E-state index >= 15 is 0 Å². The highest BCUT2D eigenvalue weighted by Gasteiger charge is 2.03. The Morgan fingerprint density at radius 3 is 1.87 bits per heavy atom. The molecular formula is C16H34N2O5. The van der Waals surface area contributed by atoms with E-state index in [9.17, 15) is 4.79 Å². The molecule has 138 valence electrons. The Bertz CT molecular complexity index is 267. The molecule has 0 saturated heterocycles. The van der Waals surface area contributed by atoms with E-state index in [-0.39, 0.29) is 5.91 Å². The Balaban J connectivity index is 3.14. The molecule has 0 spiro atoms. The number of hydrogen-bond acceptors (Lipinski definition) is 6. The van der Waals surface area contributed by atoms with Gasteiger partial charge in [0.2, 0.25) is 5.91 Å². The van der Waals surface area contributed by atoms with Crippen molar-refractivity contribution in [1.82, 2.24) is 5.32 Å². The van der Waals surface area contributed by atoms with E-state index in [1.165, 1.54) is 0 Å². The van der Waals surface area contributed by atoms with Crippen LogP contribution in [0.25, 0.3) is 0 Å². The van der Waals surface area contributed by atoms with Crippen LogP contribution in [0.15, 0.2) is 0 Å². The Morgan fingerprint density at radius 2 is 1.39 bits per heavy atom. The number of carbonyl (C=O) groups excluding carboxylic acids is 1. The molecule has 0 fully saturated rings. The molecule has 0 aromatic heterocycles. The maximum Gasteiger partial charge on any atom is 0.222 e. The van der Waals surface area contributed by atoms with Gasteiger partial charge in [0.15, 0.2) is 0 Å². The van der Waals surface area contributed by atoms with Gasteiger partial charge in [-0.1, -0.05) is 20.3 Å². The summed E-state index contributed by atoms with van der Waals surface area (Å²) in [5.41, 5.74) is 5.29. The minimum absolute atomic E-state index is 0.0384. The maximum atomic E-state index is 11.5. The first-order valence-corrected chi connectivity index (χ1v) is 8.48. The van der Waals surface area contributed by atoms with E-state index in [0.29, 0.717) is 71.7 Å². The van der Waals surface area contributed by atoms with Crippen LogP contribution in [-0.4, -0.2) is 71.9 Å². The summed E-state index contributed by atoms with van der Waals surface area (Å²) in [5, 5.41) is 2.89. The van der Waals surface area contributed by atoms with Gasteiger partial charge < -0.3 is 30.0 Å². The fraction of sp³-hybridized carbons (Fsp3) is 0.938. The lowest BCUT2D eigenvalue weighted by Crippen LogP contribution is -2.28. The summed E-state index contributed by atoms with van der Waals surface area (Å²) in [6.07, 6.45) is 1.46. The molecule has 7 heteroatoms. The summed E-state index contributed by atoms with van der Waals surface area (Å²) in [7, 11) is 0. The highest BCUT2D eigenvalue weighted by atomic mass is 16.6. The SMILES string of the molecule is CCC(C)CNC(=O)CCOCCOCCOCCOCCN. The molecule has 23 heavy (non-hydrogen) atoms. The summed E-state index contributed by atoms with van der Waals surface area (Å²) >= 11 is 0. The second-order valence-corrected chi connectivity index (χ2v) is 5.31. The zero-order valence-electron chi connectivity index (χ0n) is 14.7. The van der Waals surface area contributed by atoms with Gasteiger partial charge in [0.05, 0.1) is 52.9 Å². The smallest absolute Gasteiger partial charge is 0.222 e. The van der Waals surface area contributed by atoms with Gasteiger partial charge in [-0.25, -0.2) is 0 Å². The monoisotopic (exact) mass is 334 g/mol. The third-order valence-electron chi connectivity index (χ3n) is 3.20. The standard InChI is InChI=1S/C16H34N2O5/c1-3-15(2)14-18-16(19)4-6-20-8-10-22-12-13-23-11-9-21-7-5-17/h15H,3-14,17H2,1-2H3,(H,18,19). The highest BCUT2D eigenvalue weighted by molar-refractivity contribution is 5.75. The Kier molecular flexibility index (Phi) is 17.1. The van der Waals surface area contributed by atoms with Crippen molar-refractivity contribution in [2.24, 2.45) is 11.7 Å². The molecule has 0 aliphatic heterocycles. The van der Waals surface area contributed by atoms with E-state index < -0.39 is 0 Å². The van der Waals surface area contributed by atoms with Crippen LogP contribution in [0.1, 0.15) is 26.7 Å². The van der Waals surface area contributed by atoms with Crippen molar-refractivity contribution in [3.05, 3.63) is 0 Å². The predicted molar refractivity (Wildman–Crippen MR) is 89.4 cm³/mol. The fourth-order valence-corrected chi connectivity index (χ4v) is 1.53. The number of carbonyl (C=O) groups is 1. The number of ether oxygens (including phenoxy) is 4. The van der Waals surface area contributed by atoms with Crippen LogP contribution < -0.4 is 11.1 Å². The second kappa shape index (κ2) is 17.6. The van der Waals surface area contributed by atoms with E-state index in [0.717, 1.165) is 13.0 Å². The van der Waals surface area contributed by atoms with Gasteiger partial charge in [0.25, 0.3) is 0 Å². The summed E-state index contributed by atoms with van der Waals surface area (Å²) < 4.78 is 21.2. The molecule has 3 N–H and O–H groups in total. The van der Waals surface area contributed by atoms with Crippen LogP contribution in [0, 0.1) is 5.92 Å². The molecule has 0 aliphatic carbocycles. The van der Waals surface area contributed by atoms with Crippen LogP contribution >= 0.6 is 0 Å². The van der Waals surface area contributed by atoms with Gasteiger partial charge in [-0.3, -0.25) is 4.79 Å². The zero-order chi connectivity index (χ0) is 17.2. The molecule has 1 atom stereocenters. The highest BCUT2D eigenvalue weighted by Crippen LogP contribution is 1.97. The fourth-order valence-electron chi connectivity index (χ4n) is 1.53. The predicted octanol–water partition coefficient (Wildman–Crippen LogP) is 0.564. The summed E-state index contributed by atoms with van der Waals surface area (Å²) in [5.74, 6) is 0.555. The third kappa shape index (κ3) is 17.5. The van der Waals surface area contributed by atoms with Crippen molar-refractivity contribution in [3.63, 3.8) is 0 Å². The molecule has 1 amide bonds. The van der Waals surface area contributed by atoms with Gasteiger partial charge in [0.1, 0.15) is 0 Å². The lowest BCUT2D eigenvalue weighted by atomic mass is 10.1. The molecule has 0 saturated carbocycles. The minimum atomic E-state index is 0.0384.